The second-order valence-corrected chi connectivity index (χ2v) is 5.08. The highest BCUT2D eigenvalue weighted by molar-refractivity contribution is 5.93. The van der Waals surface area contributed by atoms with E-state index in [4.69, 9.17) is 14.2 Å². The summed E-state index contributed by atoms with van der Waals surface area (Å²) in [5, 5.41) is 0. The average molecular weight is 293 g/mol. The molecule has 1 aliphatic heterocycles. The molecule has 0 unspecified atom stereocenters. The molecule has 0 aliphatic carbocycles. The van der Waals surface area contributed by atoms with Crippen LogP contribution in [0.5, 0.6) is 11.5 Å². The molecule has 5 nitrogen and oxygen atoms in total. The van der Waals surface area contributed by atoms with Gasteiger partial charge in [0.05, 0.1) is 14.2 Å². The third-order valence-electron chi connectivity index (χ3n) is 3.71. The Labute approximate surface area is 125 Å². The maximum Gasteiger partial charge on any atom is 0.342 e. The van der Waals surface area contributed by atoms with Crippen molar-refractivity contribution in [2.24, 2.45) is 0 Å². The second kappa shape index (κ2) is 7.88. The number of hydrogen-bond donors (Lipinski definition) is 0. The van der Waals surface area contributed by atoms with Crippen molar-refractivity contribution in [3.63, 3.8) is 0 Å². The van der Waals surface area contributed by atoms with Gasteiger partial charge in [-0.25, -0.2) is 4.79 Å². The van der Waals surface area contributed by atoms with Gasteiger partial charge in [0.25, 0.3) is 0 Å². The number of carbonyl (C=O) groups is 1. The number of carbonyl (C=O) groups excluding carboxylic acids is 1. The second-order valence-electron chi connectivity index (χ2n) is 5.08. The molecular formula is C16H23NO4. The third kappa shape index (κ3) is 4.11. The van der Waals surface area contributed by atoms with Crippen molar-refractivity contribution in [3.8, 4) is 11.5 Å². The predicted octanol–water partition coefficient (Wildman–Crippen LogP) is 2.35. The number of ether oxygens (including phenoxy) is 3. The molecule has 0 N–H and O–H groups in total. The molecule has 1 saturated heterocycles. The summed E-state index contributed by atoms with van der Waals surface area (Å²) in [6.45, 7) is 3.39. The molecule has 0 bridgehead atoms. The van der Waals surface area contributed by atoms with Gasteiger partial charge in [-0.05, 0) is 38.1 Å². The first kappa shape index (κ1) is 15.6. The van der Waals surface area contributed by atoms with E-state index in [0.717, 1.165) is 19.6 Å². The Morgan fingerprint density at radius 3 is 2.57 bits per heavy atom. The summed E-state index contributed by atoms with van der Waals surface area (Å²) in [6, 6.07) is 5.19. The zero-order valence-electron chi connectivity index (χ0n) is 12.8. The number of benzene rings is 1. The Bertz CT molecular complexity index is 469. The van der Waals surface area contributed by atoms with Gasteiger partial charge >= 0.3 is 5.97 Å². The fraction of sp³-hybridized carbons (Fsp3) is 0.562. The van der Waals surface area contributed by atoms with Crippen LogP contribution in [0.15, 0.2) is 18.2 Å². The minimum atomic E-state index is -0.372. The van der Waals surface area contributed by atoms with E-state index in [2.05, 4.69) is 4.90 Å². The molecule has 0 spiro atoms. The minimum Gasteiger partial charge on any atom is -0.493 e. The maximum atomic E-state index is 12.2. The van der Waals surface area contributed by atoms with E-state index in [-0.39, 0.29) is 5.97 Å². The van der Waals surface area contributed by atoms with E-state index in [9.17, 15) is 4.79 Å². The van der Waals surface area contributed by atoms with Crippen LogP contribution in [-0.4, -0.2) is 51.3 Å². The van der Waals surface area contributed by atoms with Crippen molar-refractivity contribution >= 4 is 5.97 Å². The topological polar surface area (TPSA) is 48.0 Å². The zero-order valence-corrected chi connectivity index (χ0v) is 12.8. The van der Waals surface area contributed by atoms with E-state index >= 15 is 0 Å². The van der Waals surface area contributed by atoms with Crippen LogP contribution in [-0.2, 0) is 4.74 Å². The molecule has 0 amide bonds. The lowest BCUT2D eigenvalue weighted by atomic mass is 10.1. The summed E-state index contributed by atoms with van der Waals surface area (Å²) < 4.78 is 15.8. The normalized spacial score (nSPS) is 15.5. The molecule has 1 heterocycles. The Kier molecular flexibility index (Phi) is 5.87. The Balaban J connectivity index is 1.90. The molecule has 0 radical (unpaired) electrons. The number of methoxy groups -OCH3 is 2. The van der Waals surface area contributed by atoms with Crippen LogP contribution in [0.4, 0.5) is 0 Å². The summed E-state index contributed by atoms with van der Waals surface area (Å²) in [5.74, 6) is 0.578. The first-order valence-corrected chi connectivity index (χ1v) is 7.36. The highest BCUT2D eigenvalue weighted by atomic mass is 16.5. The Morgan fingerprint density at radius 1 is 1.14 bits per heavy atom. The summed E-state index contributed by atoms with van der Waals surface area (Å²) in [4.78, 5) is 14.5. The van der Waals surface area contributed by atoms with E-state index in [1.165, 1.54) is 26.4 Å². The summed E-state index contributed by atoms with van der Waals surface area (Å²) in [6.07, 6.45) is 3.77. The van der Waals surface area contributed by atoms with Crippen LogP contribution in [0.1, 0.15) is 29.6 Å². The third-order valence-corrected chi connectivity index (χ3v) is 3.71. The maximum absolute atomic E-state index is 12.2. The van der Waals surface area contributed by atoms with Gasteiger partial charge in [0.15, 0.2) is 11.5 Å². The lowest BCUT2D eigenvalue weighted by Crippen LogP contribution is -2.33. The fourth-order valence-electron chi connectivity index (χ4n) is 2.58. The van der Waals surface area contributed by atoms with Crippen molar-refractivity contribution in [2.75, 3.05) is 40.5 Å². The van der Waals surface area contributed by atoms with Crippen LogP contribution in [0.2, 0.25) is 0 Å². The van der Waals surface area contributed by atoms with Crippen molar-refractivity contribution in [1.82, 2.24) is 4.90 Å². The van der Waals surface area contributed by atoms with Gasteiger partial charge in [-0.2, -0.15) is 0 Å². The number of rotatable bonds is 6. The van der Waals surface area contributed by atoms with Gasteiger partial charge in [-0.15, -0.1) is 0 Å². The summed E-state index contributed by atoms with van der Waals surface area (Å²) in [5.41, 5.74) is 0.399. The average Bonchev–Trinajstić information content (AvgIpc) is 2.54. The molecule has 1 aromatic carbocycles. The van der Waals surface area contributed by atoms with Crippen molar-refractivity contribution in [1.29, 1.82) is 0 Å². The van der Waals surface area contributed by atoms with Crippen molar-refractivity contribution in [2.45, 2.75) is 19.3 Å². The number of esters is 1. The standard InChI is InChI=1S/C16H23NO4/c1-19-14-8-6-7-13(15(14)20-2)16(18)21-12-11-17-9-4-3-5-10-17/h6-8H,3-5,9-12H2,1-2H3. The van der Waals surface area contributed by atoms with Crippen LogP contribution < -0.4 is 9.47 Å². The van der Waals surface area contributed by atoms with Gasteiger partial charge in [0, 0.05) is 6.54 Å². The molecule has 21 heavy (non-hydrogen) atoms. The van der Waals surface area contributed by atoms with Crippen LogP contribution >= 0.6 is 0 Å². The van der Waals surface area contributed by atoms with E-state index in [1.54, 1.807) is 25.3 Å². The van der Waals surface area contributed by atoms with Gasteiger partial charge < -0.3 is 14.2 Å². The monoisotopic (exact) mass is 293 g/mol. The number of likely N-dealkylation sites (tertiary alicyclic amines) is 1. The molecule has 5 heteroatoms. The Hall–Kier alpha value is -1.75. The lowest BCUT2D eigenvalue weighted by Gasteiger charge is -2.25. The quantitative estimate of drug-likeness (QED) is 0.754. The molecule has 2 rings (SSSR count). The molecule has 0 saturated carbocycles. The Morgan fingerprint density at radius 2 is 1.90 bits per heavy atom. The van der Waals surface area contributed by atoms with Crippen LogP contribution in [0.3, 0.4) is 0 Å². The summed E-state index contributed by atoms with van der Waals surface area (Å²) in [7, 11) is 3.06. The van der Waals surface area contributed by atoms with Gasteiger partial charge in [0.1, 0.15) is 12.2 Å². The van der Waals surface area contributed by atoms with Gasteiger partial charge in [0.2, 0.25) is 0 Å². The first-order chi connectivity index (χ1) is 10.3. The van der Waals surface area contributed by atoms with Crippen molar-refractivity contribution in [3.05, 3.63) is 23.8 Å². The molecular weight excluding hydrogens is 270 g/mol. The van der Waals surface area contributed by atoms with Crippen molar-refractivity contribution < 1.29 is 19.0 Å². The first-order valence-electron chi connectivity index (χ1n) is 7.36. The van der Waals surface area contributed by atoms with Gasteiger partial charge in [-0.1, -0.05) is 12.5 Å². The number of piperidine rings is 1. The fourth-order valence-corrected chi connectivity index (χ4v) is 2.58. The van der Waals surface area contributed by atoms with Crippen LogP contribution in [0, 0.1) is 0 Å². The van der Waals surface area contributed by atoms with Crippen LogP contribution in [0.25, 0.3) is 0 Å². The van der Waals surface area contributed by atoms with E-state index in [1.807, 2.05) is 0 Å². The minimum absolute atomic E-state index is 0.372. The molecule has 0 atom stereocenters. The molecule has 116 valence electrons. The highest BCUT2D eigenvalue weighted by Gasteiger charge is 2.18. The highest BCUT2D eigenvalue weighted by Crippen LogP contribution is 2.31. The van der Waals surface area contributed by atoms with Gasteiger partial charge in [-0.3, -0.25) is 4.90 Å². The molecule has 1 aromatic rings. The lowest BCUT2D eigenvalue weighted by molar-refractivity contribution is 0.0448. The molecule has 0 aromatic heterocycles. The zero-order chi connectivity index (χ0) is 15.1. The summed E-state index contributed by atoms with van der Waals surface area (Å²) >= 11 is 0. The van der Waals surface area contributed by atoms with E-state index < -0.39 is 0 Å². The number of hydrogen-bond acceptors (Lipinski definition) is 5. The molecule has 1 aliphatic rings. The number of para-hydroxylation sites is 1. The molecule has 1 fully saturated rings. The largest absolute Gasteiger partial charge is 0.493 e. The predicted molar refractivity (Wildman–Crippen MR) is 80.1 cm³/mol. The smallest absolute Gasteiger partial charge is 0.342 e. The number of nitrogens with zero attached hydrogens (tertiary/aromatic N) is 1. The SMILES string of the molecule is COc1cccc(C(=O)OCCN2CCCCC2)c1OC. The van der Waals surface area contributed by atoms with E-state index in [0.29, 0.717) is 23.7 Å².